The first-order valence-corrected chi connectivity index (χ1v) is 20.2. The third-order valence-electron chi connectivity index (χ3n) is 10.6. The number of hydrogen-bond acceptors (Lipinski definition) is 9. The van der Waals surface area contributed by atoms with E-state index >= 15 is 0 Å². The summed E-state index contributed by atoms with van der Waals surface area (Å²) in [4.78, 5) is 39.9. The molecule has 3 aliphatic heterocycles. The second-order valence-corrected chi connectivity index (χ2v) is 17.9. The number of carbonyl (C=O) groups is 3. The molecule has 3 aliphatic rings. The molecule has 0 saturated carbocycles. The number of amides is 2. The Labute approximate surface area is 343 Å². The van der Waals surface area contributed by atoms with Crippen molar-refractivity contribution in [3.05, 3.63) is 84.2 Å². The van der Waals surface area contributed by atoms with E-state index in [0.717, 1.165) is 53.3 Å². The summed E-state index contributed by atoms with van der Waals surface area (Å²) in [5.41, 5.74) is 5.39. The normalized spacial score (nSPS) is 22.9. The van der Waals surface area contributed by atoms with E-state index in [1.165, 1.54) is 0 Å². The van der Waals surface area contributed by atoms with E-state index in [2.05, 4.69) is 64.7 Å². The first-order chi connectivity index (χ1) is 27.4. The van der Waals surface area contributed by atoms with E-state index in [4.69, 9.17) is 14.7 Å². The molecule has 13 nitrogen and oxygen atoms in total. The number of nitrogens with one attached hydrogen (secondary N) is 2. The lowest BCUT2D eigenvalue weighted by Gasteiger charge is -2.24. The topological polar surface area (TPSA) is 161 Å². The van der Waals surface area contributed by atoms with Gasteiger partial charge in [0.1, 0.15) is 17.5 Å². The van der Waals surface area contributed by atoms with E-state index in [0.29, 0.717) is 43.9 Å². The van der Waals surface area contributed by atoms with Crippen molar-refractivity contribution in [3.8, 4) is 28.7 Å². The summed E-state index contributed by atoms with van der Waals surface area (Å²) in [7, 11) is 0. The van der Waals surface area contributed by atoms with Gasteiger partial charge in [0, 0.05) is 79.5 Å². The highest BCUT2D eigenvalue weighted by Crippen LogP contribution is 2.34. The van der Waals surface area contributed by atoms with E-state index in [1.54, 1.807) is 9.80 Å². The minimum absolute atomic E-state index is 0.0440. The summed E-state index contributed by atoms with van der Waals surface area (Å²) in [5.74, 6) is 1.64. The van der Waals surface area contributed by atoms with Gasteiger partial charge in [-0.2, -0.15) is 15.5 Å². The first-order valence-electron chi connectivity index (χ1n) is 20.2. The van der Waals surface area contributed by atoms with Crippen LogP contribution in [0.15, 0.2) is 72.8 Å². The number of aromatic nitrogens is 4. The summed E-state index contributed by atoms with van der Waals surface area (Å²) in [6.45, 7) is 21.6. The predicted octanol–water partition coefficient (Wildman–Crippen LogP) is 8.33. The second kappa shape index (κ2) is 18.7. The number of aldehydes is 1. The molecule has 2 amide bonds. The van der Waals surface area contributed by atoms with Gasteiger partial charge in [-0.3, -0.25) is 10.2 Å². The van der Waals surface area contributed by atoms with Crippen LogP contribution in [-0.2, 0) is 14.3 Å². The van der Waals surface area contributed by atoms with Crippen LogP contribution in [-0.4, -0.2) is 104 Å². The summed E-state index contributed by atoms with van der Waals surface area (Å²) < 4.78 is 10.7. The Morgan fingerprint density at radius 3 is 1.52 bits per heavy atom. The molecule has 0 radical (unpaired) electrons. The molecule has 0 spiro atoms. The van der Waals surface area contributed by atoms with Crippen molar-refractivity contribution in [2.75, 3.05) is 39.3 Å². The van der Waals surface area contributed by atoms with Gasteiger partial charge in [0.15, 0.2) is 6.19 Å². The second-order valence-electron chi connectivity index (χ2n) is 17.9. The lowest BCUT2D eigenvalue weighted by atomic mass is 9.94. The van der Waals surface area contributed by atoms with Crippen molar-refractivity contribution >= 4 is 18.5 Å². The molecule has 2 N–H and O–H groups in total. The Balaban J connectivity index is 0.000000171. The van der Waals surface area contributed by atoms with Gasteiger partial charge in [-0.05, 0) is 71.4 Å². The van der Waals surface area contributed by atoms with Crippen LogP contribution in [0.4, 0.5) is 9.59 Å². The van der Waals surface area contributed by atoms with Gasteiger partial charge in [-0.1, -0.05) is 81.4 Å². The molecule has 6 atom stereocenters. The van der Waals surface area contributed by atoms with Crippen molar-refractivity contribution in [1.82, 2.24) is 35.1 Å². The van der Waals surface area contributed by atoms with Crippen LogP contribution in [0.3, 0.4) is 0 Å². The van der Waals surface area contributed by atoms with Crippen molar-refractivity contribution in [2.45, 2.75) is 85.4 Å². The van der Waals surface area contributed by atoms with Crippen molar-refractivity contribution in [3.63, 3.8) is 0 Å². The summed E-state index contributed by atoms with van der Waals surface area (Å²) in [5, 5.41) is 24.1. The number of nitrogens with zero attached hydrogens (tertiary/aromatic N) is 6. The molecule has 2 aromatic heterocycles. The third-order valence-corrected chi connectivity index (χ3v) is 10.6. The maximum absolute atomic E-state index is 12.3. The minimum Gasteiger partial charge on any atom is -0.444 e. The fourth-order valence-electron chi connectivity index (χ4n) is 7.51. The molecule has 0 unspecified atom stereocenters. The Kier molecular flexibility index (Phi) is 14.1. The Bertz CT molecular complexity index is 1990. The summed E-state index contributed by atoms with van der Waals surface area (Å²) >= 11 is 0. The first kappa shape index (κ1) is 43.5. The number of nitriles is 1. The highest BCUT2D eigenvalue weighted by molar-refractivity contribution is 5.70. The van der Waals surface area contributed by atoms with Crippen LogP contribution in [0.5, 0.6) is 0 Å². The van der Waals surface area contributed by atoms with Crippen LogP contribution in [0.1, 0.15) is 85.5 Å². The van der Waals surface area contributed by atoms with Crippen LogP contribution >= 0.6 is 0 Å². The smallest absolute Gasteiger partial charge is 0.410 e. The van der Waals surface area contributed by atoms with Gasteiger partial charge in [-0.15, -0.1) is 0 Å². The minimum atomic E-state index is -0.473. The van der Waals surface area contributed by atoms with Crippen LogP contribution in [0.2, 0.25) is 0 Å². The van der Waals surface area contributed by atoms with E-state index < -0.39 is 11.2 Å². The largest absolute Gasteiger partial charge is 0.444 e. The van der Waals surface area contributed by atoms with Gasteiger partial charge >= 0.3 is 12.2 Å². The van der Waals surface area contributed by atoms with Crippen molar-refractivity contribution in [1.29, 1.82) is 5.26 Å². The van der Waals surface area contributed by atoms with Gasteiger partial charge in [0.2, 0.25) is 0 Å². The maximum Gasteiger partial charge on any atom is 0.410 e. The van der Waals surface area contributed by atoms with Gasteiger partial charge < -0.3 is 29.0 Å². The van der Waals surface area contributed by atoms with Crippen LogP contribution in [0, 0.1) is 35.1 Å². The van der Waals surface area contributed by atoms with Gasteiger partial charge in [-0.25, -0.2) is 9.59 Å². The molecule has 4 aromatic rings. The number of aromatic amines is 2. The van der Waals surface area contributed by atoms with Crippen molar-refractivity contribution in [2.24, 2.45) is 23.7 Å². The molecular weight excluding hydrogens is 733 g/mol. The number of carbonyl (C=O) groups excluding carboxylic acids is 3. The van der Waals surface area contributed by atoms with Crippen molar-refractivity contribution < 1.29 is 23.9 Å². The molecule has 13 heteroatoms. The summed E-state index contributed by atoms with van der Waals surface area (Å²) in [6, 6.07) is 24.4. The molecule has 310 valence electrons. The lowest BCUT2D eigenvalue weighted by Crippen LogP contribution is -2.35. The number of ether oxygens (including phenoxy) is 2. The quantitative estimate of drug-likeness (QED) is 0.150. The Hall–Kier alpha value is -5.64. The number of H-pyrrole nitrogens is 2. The van der Waals surface area contributed by atoms with E-state index in [-0.39, 0.29) is 29.9 Å². The highest BCUT2D eigenvalue weighted by Gasteiger charge is 2.37. The van der Waals surface area contributed by atoms with Gasteiger partial charge in [0.25, 0.3) is 0 Å². The zero-order chi connectivity index (χ0) is 42.2. The molecule has 0 aliphatic carbocycles. The van der Waals surface area contributed by atoms with E-state index in [9.17, 15) is 14.4 Å². The Morgan fingerprint density at radius 2 is 1.10 bits per heavy atom. The summed E-state index contributed by atoms with van der Waals surface area (Å²) in [6.07, 6.45) is 2.60. The highest BCUT2D eigenvalue weighted by atomic mass is 16.6. The number of likely N-dealkylation sites (tertiary alicyclic amines) is 3. The number of rotatable bonds is 5. The van der Waals surface area contributed by atoms with E-state index in [1.807, 2.05) is 102 Å². The maximum atomic E-state index is 12.3. The lowest BCUT2D eigenvalue weighted by molar-refractivity contribution is -0.111. The zero-order valence-corrected chi connectivity index (χ0v) is 35.4. The van der Waals surface area contributed by atoms with Crippen LogP contribution < -0.4 is 0 Å². The average molecular weight is 793 g/mol. The molecule has 3 saturated heterocycles. The van der Waals surface area contributed by atoms with Gasteiger partial charge in [0.05, 0.1) is 11.4 Å². The predicted molar refractivity (Wildman–Crippen MR) is 223 cm³/mol. The molecule has 58 heavy (non-hydrogen) atoms. The molecule has 5 heterocycles. The molecule has 3 fully saturated rings. The standard InChI is InChI=1S/C19H25N3O2.C15H16N4.C11H19NO3/c1-13-11-22(18(23)24-19(2,3)4)12-15(13)17-10-16(20-21-17)14-8-6-5-7-9-14;1-11-8-19(10-16)9-13(11)15-7-14(17-18-15)12-5-3-2-4-6-12;1-8-5-12(6-9(8)7-13)10(14)15-11(2,3)4/h5-10,13,15H,11-12H2,1-4H3,(H,20,21);2-7,11,13H,8-9H2,1H3,(H,17,18);7-9H,5-6H2,1-4H3/t13-,15-;11-,13-;8-,9+/m111/s1. The molecule has 0 bridgehead atoms. The monoisotopic (exact) mass is 792 g/mol. The Morgan fingerprint density at radius 1 is 0.672 bits per heavy atom. The fourth-order valence-corrected chi connectivity index (χ4v) is 7.51. The average Bonchev–Trinajstić information content (AvgIpc) is 4.02. The molecular formula is C45H60N8O5. The zero-order valence-electron chi connectivity index (χ0n) is 35.4. The third kappa shape index (κ3) is 11.7. The fraction of sp³-hybridized carbons (Fsp3) is 0.511. The van der Waals surface area contributed by atoms with Crippen LogP contribution in [0.25, 0.3) is 22.5 Å². The number of hydrogen-bond donors (Lipinski definition) is 2. The molecule has 7 rings (SSSR count). The number of benzene rings is 2. The SMILES string of the molecule is C[C@@H]1CN(C#N)C[C@H]1c1cc(-c2ccccc2)n[nH]1.C[C@@H]1CN(C(=O)OC(C)(C)C)C[C@H]1C=O.C[C@@H]1CN(C(=O)OC(C)(C)C)C[C@H]1c1cc(-c2ccccc2)n[nH]1. The molecule has 2 aromatic carbocycles.